The van der Waals surface area contributed by atoms with Gasteiger partial charge in [-0.05, 0) is 12.1 Å². The van der Waals surface area contributed by atoms with E-state index in [1.54, 1.807) is 11.6 Å². The molecule has 3 rings (SSSR count). The van der Waals surface area contributed by atoms with Gasteiger partial charge < -0.3 is 9.40 Å². The van der Waals surface area contributed by atoms with Gasteiger partial charge in [0.2, 0.25) is 5.75 Å². The highest BCUT2D eigenvalue weighted by molar-refractivity contribution is 6.34. The van der Waals surface area contributed by atoms with Gasteiger partial charge in [0.25, 0.3) is 5.69 Å². The minimum atomic E-state index is -0.775. The first-order chi connectivity index (χ1) is 12.4. The van der Waals surface area contributed by atoms with Crippen LogP contribution in [-0.2, 0) is 7.05 Å². The number of halogens is 1. The molecule has 1 heterocycles. The van der Waals surface area contributed by atoms with Gasteiger partial charge in [0.1, 0.15) is 5.15 Å². The highest BCUT2D eigenvalue weighted by Crippen LogP contribution is 2.31. The number of aromatic nitrogens is 1. The van der Waals surface area contributed by atoms with Crippen LogP contribution in [0.25, 0.3) is 10.9 Å². The maximum Gasteiger partial charge on any atom is 0.321 e. The van der Waals surface area contributed by atoms with E-state index in [2.05, 4.69) is 5.16 Å². The summed E-state index contributed by atoms with van der Waals surface area (Å²) in [4.78, 5) is 25.4. The van der Waals surface area contributed by atoms with Crippen molar-refractivity contribution in [2.45, 2.75) is 0 Å². The summed E-state index contributed by atoms with van der Waals surface area (Å²) in [5.74, 6) is -0.215. The molecule has 0 bridgehead atoms. The maximum absolute atomic E-state index is 11.1. The molecule has 0 saturated carbocycles. The molecule has 2 aromatic carbocycles. The second kappa shape index (κ2) is 6.81. The van der Waals surface area contributed by atoms with Crippen molar-refractivity contribution in [3.05, 3.63) is 73.4 Å². The first-order valence-corrected chi connectivity index (χ1v) is 7.64. The quantitative estimate of drug-likeness (QED) is 0.379. The summed E-state index contributed by atoms with van der Waals surface area (Å²) >= 11 is 6.29. The fraction of sp³-hybridized carbons (Fsp3) is 0.0625. The van der Waals surface area contributed by atoms with E-state index >= 15 is 0 Å². The van der Waals surface area contributed by atoms with Crippen LogP contribution in [0.2, 0.25) is 5.15 Å². The molecule has 0 radical (unpaired) electrons. The fourth-order valence-electron chi connectivity index (χ4n) is 2.49. The smallest absolute Gasteiger partial charge is 0.321 e. The molecule has 0 aliphatic rings. The van der Waals surface area contributed by atoms with Gasteiger partial charge in [-0.2, -0.15) is 0 Å². The fourth-order valence-corrected chi connectivity index (χ4v) is 2.73. The zero-order chi connectivity index (χ0) is 18.8. The van der Waals surface area contributed by atoms with Crippen molar-refractivity contribution in [1.82, 2.24) is 4.57 Å². The lowest BCUT2D eigenvalue weighted by Gasteiger charge is -2.00. The van der Waals surface area contributed by atoms with Gasteiger partial charge in [-0.1, -0.05) is 35.0 Å². The average molecular weight is 375 g/mol. The van der Waals surface area contributed by atoms with Gasteiger partial charge in [0.05, 0.1) is 22.1 Å². The molecule has 10 heteroatoms. The van der Waals surface area contributed by atoms with E-state index in [9.17, 15) is 20.2 Å². The van der Waals surface area contributed by atoms with Crippen LogP contribution in [-0.4, -0.2) is 20.6 Å². The van der Waals surface area contributed by atoms with Gasteiger partial charge >= 0.3 is 5.69 Å². The molecule has 0 fully saturated rings. The van der Waals surface area contributed by atoms with Crippen molar-refractivity contribution in [2.75, 3.05) is 0 Å². The number of nitrogens with zero attached hydrogens (tertiary/aromatic N) is 4. The second-order valence-corrected chi connectivity index (χ2v) is 5.63. The summed E-state index contributed by atoms with van der Waals surface area (Å²) in [6.45, 7) is 0. The van der Waals surface area contributed by atoms with Crippen molar-refractivity contribution >= 4 is 40.1 Å². The number of para-hydroxylation sites is 1. The first kappa shape index (κ1) is 17.4. The molecule has 0 unspecified atom stereocenters. The van der Waals surface area contributed by atoms with Crippen molar-refractivity contribution in [3.8, 4) is 5.75 Å². The van der Waals surface area contributed by atoms with Gasteiger partial charge in [0, 0.05) is 29.6 Å². The Morgan fingerprint density at radius 3 is 2.58 bits per heavy atom. The first-order valence-electron chi connectivity index (χ1n) is 7.26. The molecule has 0 atom stereocenters. The van der Waals surface area contributed by atoms with Gasteiger partial charge in [-0.15, -0.1) is 0 Å². The van der Waals surface area contributed by atoms with E-state index in [0.717, 1.165) is 29.1 Å². The summed E-state index contributed by atoms with van der Waals surface area (Å²) in [6.07, 6.45) is 1.34. The average Bonchev–Trinajstić information content (AvgIpc) is 2.86. The van der Waals surface area contributed by atoms with E-state index in [1.807, 2.05) is 24.3 Å². The van der Waals surface area contributed by atoms with E-state index in [-0.39, 0.29) is 5.75 Å². The Kier molecular flexibility index (Phi) is 4.55. The molecule has 0 aliphatic heterocycles. The predicted octanol–water partition coefficient (Wildman–Crippen LogP) is 4.06. The molecule has 132 valence electrons. The Hall–Kier alpha value is -3.46. The lowest BCUT2D eigenvalue weighted by atomic mass is 10.2. The van der Waals surface area contributed by atoms with E-state index < -0.39 is 21.2 Å². The standard InChI is InChI=1S/C16H11ClN4O5/c1-19-13-5-3-2-4-11(13)12(16(19)17)9-18-26-15-7-6-10(20(22)23)8-14(15)21(24)25/h2-9H,1H3/b18-9+. The molecule has 0 aliphatic carbocycles. The second-order valence-electron chi connectivity index (χ2n) is 5.27. The highest BCUT2D eigenvalue weighted by atomic mass is 35.5. The summed E-state index contributed by atoms with van der Waals surface area (Å²) in [6, 6.07) is 10.5. The summed E-state index contributed by atoms with van der Waals surface area (Å²) < 4.78 is 1.77. The molecular weight excluding hydrogens is 364 g/mol. The van der Waals surface area contributed by atoms with Crippen LogP contribution in [0.1, 0.15) is 5.56 Å². The van der Waals surface area contributed by atoms with Crippen LogP contribution in [0.4, 0.5) is 11.4 Å². The number of oxime groups is 1. The topological polar surface area (TPSA) is 113 Å². The van der Waals surface area contributed by atoms with Crippen LogP contribution < -0.4 is 4.84 Å². The van der Waals surface area contributed by atoms with E-state index in [0.29, 0.717) is 10.7 Å². The Bertz CT molecular complexity index is 1060. The number of benzene rings is 2. The minimum absolute atomic E-state index is 0.215. The third-order valence-corrected chi connectivity index (χ3v) is 4.21. The zero-order valence-corrected chi connectivity index (χ0v) is 14.1. The normalized spacial score (nSPS) is 11.2. The SMILES string of the molecule is Cn1c(Cl)c(/C=N/Oc2ccc([N+](=O)[O-])cc2[N+](=O)[O-])c2ccccc21. The van der Waals surface area contributed by atoms with Gasteiger partial charge in [-0.25, -0.2) is 0 Å². The Morgan fingerprint density at radius 2 is 1.88 bits per heavy atom. The number of fused-ring (bicyclic) bond motifs is 1. The lowest BCUT2D eigenvalue weighted by Crippen LogP contribution is -1.96. The van der Waals surface area contributed by atoms with E-state index in [4.69, 9.17) is 16.4 Å². The highest BCUT2D eigenvalue weighted by Gasteiger charge is 2.21. The van der Waals surface area contributed by atoms with Crippen molar-refractivity contribution in [2.24, 2.45) is 12.2 Å². The molecule has 9 nitrogen and oxygen atoms in total. The largest absolute Gasteiger partial charge is 0.350 e. The van der Waals surface area contributed by atoms with Gasteiger partial charge in [-0.3, -0.25) is 20.2 Å². The number of nitro benzene ring substituents is 2. The Labute approximate surface area is 151 Å². The molecule has 0 amide bonds. The van der Waals surface area contributed by atoms with Crippen LogP contribution in [0, 0.1) is 20.2 Å². The molecule has 26 heavy (non-hydrogen) atoms. The number of hydrogen-bond donors (Lipinski definition) is 0. The number of nitro groups is 2. The Balaban J connectivity index is 1.94. The monoisotopic (exact) mass is 374 g/mol. The molecule has 0 spiro atoms. The number of rotatable bonds is 5. The number of non-ortho nitro benzene ring substituents is 1. The van der Waals surface area contributed by atoms with Crippen LogP contribution in [0.5, 0.6) is 5.75 Å². The molecule has 0 saturated heterocycles. The van der Waals surface area contributed by atoms with Crippen molar-refractivity contribution < 1.29 is 14.7 Å². The lowest BCUT2D eigenvalue weighted by molar-refractivity contribution is -0.394. The summed E-state index contributed by atoms with van der Waals surface area (Å²) in [7, 11) is 1.80. The van der Waals surface area contributed by atoms with Crippen molar-refractivity contribution in [3.63, 3.8) is 0 Å². The van der Waals surface area contributed by atoms with Crippen LogP contribution in [0.15, 0.2) is 47.6 Å². The third kappa shape index (κ3) is 3.07. The zero-order valence-electron chi connectivity index (χ0n) is 13.3. The van der Waals surface area contributed by atoms with Gasteiger partial charge in [0.15, 0.2) is 0 Å². The molecule has 1 aromatic heterocycles. The summed E-state index contributed by atoms with van der Waals surface area (Å²) in [5, 5.41) is 26.9. The minimum Gasteiger partial charge on any atom is -0.350 e. The molecule has 0 N–H and O–H groups in total. The Morgan fingerprint density at radius 1 is 1.15 bits per heavy atom. The van der Waals surface area contributed by atoms with Crippen LogP contribution >= 0.6 is 11.6 Å². The van der Waals surface area contributed by atoms with Crippen LogP contribution in [0.3, 0.4) is 0 Å². The van der Waals surface area contributed by atoms with E-state index in [1.165, 1.54) is 6.21 Å². The van der Waals surface area contributed by atoms with Crippen molar-refractivity contribution in [1.29, 1.82) is 0 Å². The number of hydrogen-bond acceptors (Lipinski definition) is 6. The third-order valence-electron chi connectivity index (χ3n) is 3.76. The molecule has 3 aromatic rings. The summed E-state index contributed by atoms with van der Waals surface area (Å²) in [5.41, 5.74) is 0.514. The number of aryl methyl sites for hydroxylation is 1. The molecular formula is C16H11ClN4O5. The predicted molar refractivity (Wildman–Crippen MR) is 95.9 cm³/mol. The maximum atomic E-state index is 11.1.